The number of aryl methyl sites for hydroxylation is 1. The third-order valence-electron chi connectivity index (χ3n) is 13.0. The second kappa shape index (κ2) is 21.7. The first kappa shape index (κ1) is 54.8. The number of nitrogens with one attached hydrogen (secondary N) is 1. The van der Waals surface area contributed by atoms with Crippen LogP contribution < -0.4 is 10.2 Å². The largest absolute Gasteiger partial charge is 0.356 e. The number of amides is 1. The molecule has 2 heterocycles. The van der Waals surface area contributed by atoms with E-state index in [1.54, 1.807) is 12.1 Å². The molecule has 0 unspecified atom stereocenters. The van der Waals surface area contributed by atoms with Gasteiger partial charge in [-0.15, -0.1) is 0 Å². The van der Waals surface area contributed by atoms with Gasteiger partial charge in [0, 0.05) is 71.9 Å². The Kier molecular flexibility index (Phi) is 16.8. The van der Waals surface area contributed by atoms with E-state index in [-0.39, 0.29) is 54.6 Å². The van der Waals surface area contributed by atoms with Crippen molar-refractivity contribution in [3.8, 4) is 0 Å². The zero-order valence-electron chi connectivity index (χ0n) is 39.8. The molecule has 3 aromatic rings. The van der Waals surface area contributed by atoms with Gasteiger partial charge in [-0.1, -0.05) is 55.4 Å². The van der Waals surface area contributed by atoms with Gasteiger partial charge in [0.25, 0.3) is 40.5 Å². The lowest BCUT2D eigenvalue weighted by Gasteiger charge is -2.27. The number of hydrogen-bond donors (Lipinski definition) is 5. The lowest BCUT2D eigenvalue weighted by atomic mass is 9.79. The quantitative estimate of drug-likeness (QED) is 0.0171. The van der Waals surface area contributed by atoms with E-state index in [9.17, 15) is 56.7 Å². The Hall–Kier alpha value is -5.49. The van der Waals surface area contributed by atoms with Crippen LogP contribution >= 0.6 is 0 Å². The van der Waals surface area contributed by atoms with Crippen LogP contribution in [-0.2, 0) is 62.5 Å². The minimum atomic E-state index is -4.57. The molecular formula is C48H59N6O13S4+. The molecule has 382 valence electrons. The van der Waals surface area contributed by atoms with Gasteiger partial charge in [0.2, 0.25) is 11.6 Å². The molecule has 1 amide bonds. The highest BCUT2D eigenvalue weighted by atomic mass is 32.2. The summed E-state index contributed by atoms with van der Waals surface area (Å²) in [7, 11) is -17.8. The number of allylic oxidation sites excluding steroid dienone is 8. The molecule has 0 bridgehead atoms. The molecule has 71 heavy (non-hydrogen) atoms. The number of anilines is 1. The molecule has 0 saturated carbocycles. The zero-order valence-corrected chi connectivity index (χ0v) is 43.1. The maximum Gasteiger partial charge on any atom is 0.294 e. The fraction of sp³-hybridized carbons (Fsp3) is 0.417. The van der Waals surface area contributed by atoms with Crippen LogP contribution in [0.2, 0.25) is 0 Å². The van der Waals surface area contributed by atoms with Gasteiger partial charge in [-0.2, -0.15) is 38.2 Å². The number of hydrogen-bond acceptors (Lipinski definition) is 11. The van der Waals surface area contributed by atoms with E-state index in [1.807, 2.05) is 85.7 Å². The highest BCUT2D eigenvalue weighted by Gasteiger charge is 2.45. The van der Waals surface area contributed by atoms with Crippen LogP contribution in [-0.4, -0.2) is 106 Å². The van der Waals surface area contributed by atoms with Crippen LogP contribution in [0.1, 0.15) is 94.9 Å². The molecule has 2 aliphatic heterocycles. The summed E-state index contributed by atoms with van der Waals surface area (Å²) in [5, 5.41) is 6.31. The summed E-state index contributed by atoms with van der Waals surface area (Å²) in [4.78, 5) is 16.6. The first-order chi connectivity index (χ1) is 33.1. The Morgan fingerprint density at radius 1 is 0.789 bits per heavy atom. The van der Waals surface area contributed by atoms with Crippen LogP contribution in [0.5, 0.6) is 0 Å². The SMILES string of the molecule is CC1(C)C(=CC=C2CCCC(C=CC3=[N+](CCCS(=O)(=O)O)c4ccc(S(=O)(=O)O)cc4C3(C)C)=C2c2ccc(CCC(=O)NCCCN=[N+]=[N-])cc2)N(CCCS(=O)(=O)O)c2ccc(S(=O)(=O)O)cc21. The van der Waals surface area contributed by atoms with Crippen molar-refractivity contribution in [2.75, 3.05) is 42.6 Å². The van der Waals surface area contributed by atoms with Crippen molar-refractivity contribution >= 4 is 69.0 Å². The highest BCUT2D eigenvalue weighted by Crippen LogP contribution is 2.49. The maximum atomic E-state index is 12.6. The van der Waals surface area contributed by atoms with Gasteiger partial charge in [-0.3, -0.25) is 23.0 Å². The highest BCUT2D eigenvalue weighted by molar-refractivity contribution is 7.86. The Morgan fingerprint density at radius 3 is 2.06 bits per heavy atom. The second-order valence-electron chi connectivity index (χ2n) is 18.7. The molecular weight excluding hydrogens is 997 g/mol. The summed E-state index contributed by atoms with van der Waals surface area (Å²) in [6, 6.07) is 16.3. The average molecular weight is 1060 g/mol. The fourth-order valence-corrected chi connectivity index (χ4v) is 11.5. The number of nitrogens with zero attached hydrogens (tertiary/aromatic N) is 5. The lowest BCUT2D eigenvalue weighted by Crippen LogP contribution is -2.28. The van der Waals surface area contributed by atoms with E-state index < -0.39 is 62.8 Å². The molecule has 0 saturated heterocycles. The van der Waals surface area contributed by atoms with Gasteiger partial charge in [-0.25, -0.2) is 0 Å². The molecule has 5 N–H and O–H groups in total. The molecule has 0 fully saturated rings. The van der Waals surface area contributed by atoms with Crippen LogP contribution in [0.15, 0.2) is 117 Å². The van der Waals surface area contributed by atoms with Gasteiger partial charge in [0.05, 0.1) is 26.7 Å². The number of carbonyl (C=O) groups is 1. The summed E-state index contributed by atoms with van der Waals surface area (Å²) in [6.07, 6.45) is 11.0. The van der Waals surface area contributed by atoms with Crippen molar-refractivity contribution in [2.24, 2.45) is 5.11 Å². The van der Waals surface area contributed by atoms with E-state index in [4.69, 9.17) is 5.53 Å². The number of azide groups is 1. The molecule has 1 aliphatic carbocycles. The van der Waals surface area contributed by atoms with Crippen molar-refractivity contribution in [2.45, 2.75) is 99.7 Å². The molecule has 6 rings (SSSR count). The van der Waals surface area contributed by atoms with Crippen molar-refractivity contribution in [3.63, 3.8) is 0 Å². The van der Waals surface area contributed by atoms with E-state index in [1.165, 1.54) is 24.3 Å². The minimum absolute atomic E-state index is 0.0385. The predicted octanol–water partition coefficient (Wildman–Crippen LogP) is 7.66. The predicted molar refractivity (Wildman–Crippen MR) is 270 cm³/mol. The molecule has 3 aromatic carbocycles. The number of carbonyl (C=O) groups excluding carboxylic acids is 1. The normalized spacial score (nSPS) is 18.1. The Morgan fingerprint density at radius 2 is 1.42 bits per heavy atom. The summed E-state index contributed by atoms with van der Waals surface area (Å²) in [5.41, 5.74) is 15.0. The number of rotatable bonds is 21. The van der Waals surface area contributed by atoms with Gasteiger partial charge in [0.15, 0.2) is 5.71 Å². The molecule has 23 heteroatoms. The standard InChI is InChI=1S/C48H58N6O13S4/c1-47(2)39-31-37(70(62,63)64)18-20-41(39)53(27-7-29-68(56,57)58)43(47)22-16-34-9-5-10-35(46(34)36-14-11-33(12-15-36)13-24-45(55)50-25-6-26-51-52-49)17-23-44-48(3,4)40-32-38(71(65,66)67)19-21-42(40)54(44)28-8-30-69(59,60)61/h11-12,14-23,31-32H,5-10,13,24-30H2,1-4H3,(H4-,50,55,56,57,58,59,60,61,62,63,64,65,66,67)/p+1. The topological polar surface area (TPSA) is 302 Å². The van der Waals surface area contributed by atoms with Crippen molar-refractivity contribution in [3.05, 3.63) is 135 Å². The van der Waals surface area contributed by atoms with E-state index in [0.717, 1.165) is 27.8 Å². The fourth-order valence-electron chi connectivity index (χ4n) is 9.52. The maximum absolute atomic E-state index is 12.6. The molecule has 0 aromatic heterocycles. The Balaban J connectivity index is 1.47. The van der Waals surface area contributed by atoms with Crippen molar-refractivity contribution in [1.82, 2.24) is 5.32 Å². The first-order valence-corrected chi connectivity index (χ1v) is 29.0. The number of fused-ring (bicyclic) bond motifs is 2. The molecule has 3 aliphatic rings. The van der Waals surface area contributed by atoms with Gasteiger partial charge in [0.1, 0.15) is 6.54 Å². The van der Waals surface area contributed by atoms with Crippen LogP contribution in [0, 0.1) is 0 Å². The van der Waals surface area contributed by atoms with Crippen molar-refractivity contribution in [1.29, 1.82) is 0 Å². The van der Waals surface area contributed by atoms with Gasteiger partial charge >= 0.3 is 0 Å². The third kappa shape index (κ3) is 13.5. The Labute approximate surface area is 415 Å². The number of benzene rings is 3. The van der Waals surface area contributed by atoms with Crippen LogP contribution in [0.3, 0.4) is 0 Å². The van der Waals surface area contributed by atoms with E-state index >= 15 is 0 Å². The summed E-state index contributed by atoms with van der Waals surface area (Å²) in [5.74, 6) is -1.18. The first-order valence-electron chi connectivity index (χ1n) is 22.9. The minimum Gasteiger partial charge on any atom is -0.356 e. The summed E-state index contributed by atoms with van der Waals surface area (Å²) in [6.45, 7) is 8.49. The van der Waals surface area contributed by atoms with Gasteiger partial charge < -0.3 is 10.2 Å². The van der Waals surface area contributed by atoms with Crippen LogP contribution in [0.4, 0.5) is 11.4 Å². The average Bonchev–Trinajstić information content (AvgIpc) is 3.62. The van der Waals surface area contributed by atoms with Gasteiger partial charge in [-0.05, 0) is 128 Å². The van der Waals surface area contributed by atoms with Crippen LogP contribution in [0.25, 0.3) is 16.0 Å². The molecule has 19 nitrogen and oxygen atoms in total. The second-order valence-corrected chi connectivity index (χ2v) is 24.7. The smallest absolute Gasteiger partial charge is 0.294 e. The molecule has 0 spiro atoms. The van der Waals surface area contributed by atoms with E-state index in [0.29, 0.717) is 72.6 Å². The lowest BCUT2D eigenvalue weighted by molar-refractivity contribution is -0.437. The summed E-state index contributed by atoms with van der Waals surface area (Å²) < 4.78 is 137. The molecule has 0 radical (unpaired) electrons. The van der Waals surface area contributed by atoms with Crippen molar-refractivity contribution < 1.29 is 61.3 Å². The molecule has 0 atom stereocenters. The van der Waals surface area contributed by atoms with E-state index in [2.05, 4.69) is 15.3 Å². The Bertz CT molecular complexity index is 3260. The third-order valence-corrected chi connectivity index (χ3v) is 16.3. The monoisotopic (exact) mass is 1060 g/mol. The summed E-state index contributed by atoms with van der Waals surface area (Å²) >= 11 is 0. The zero-order chi connectivity index (χ0) is 52.2.